The Kier molecular flexibility index (Phi) is 5.99. The summed E-state index contributed by atoms with van der Waals surface area (Å²) in [6.45, 7) is -0.512. The number of rotatable bonds is 7. The van der Waals surface area contributed by atoms with Crippen LogP contribution in [0, 0.1) is 23.7 Å². The standard InChI is InChI=1S/C30H28N2O5/c33-25(31-23-12-6-10-19-9-4-5-11-22(19)23)17-37-30(36)24(15-18-7-2-1-3-8-18)32-28(34)26-20-13-14-21(16-20)27(26)29(32)35/h1-12,20-21,24,26-27H,13-17H2,(H,31,33)/t20-,21-,24-,26-,27+/m0/s1. The molecular weight excluding hydrogens is 468 g/mol. The molecule has 5 atom stereocenters. The number of fused-ring (bicyclic) bond motifs is 6. The summed E-state index contributed by atoms with van der Waals surface area (Å²) in [7, 11) is 0. The second-order valence-corrected chi connectivity index (χ2v) is 10.3. The topological polar surface area (TPSA) is 92.8 Å². The molecule has 2 saturated carbocycles. The lowest BCUT2D eigenvalue weighted by atomic mass is 9.81. The molecule has 1 aliphatic heterocycles. The second kappa shape index (κ2) is 9.47. The zero-order chi connectivity index (χ0) is 25.5. The molecular formula is C30H28N2O5. The number of carbonyl (C=O) groups excluding carboxylic acids is 4. The van der Waals surface area contributed by atoms with Crippen LogP contribution >= 0.6 is 0 Å². The molecule has 1 saturated heterocycles. The number of carbonyl (C=O) groups is 4. The average Bonchev–Trinajstić information content (AvgIpc) is 3.60. The van der Waals surface area contributed by atoms with Gasteiger partial charge in [0.1, 0.15) is 6.04 Å². The molecule has 1 heterocycles. The molecule has 0 unspecified atom stereocenters. The molecule has 188 valence electrons. The summed E-state index contributed by atoms with van der Waals surface area (Å²) in [6, 6.07) is 21.4. The van der Waals surface area contributed by atoms with Crippen molar-refractivity contribution in [1.82, 2.24) is 4.90 Å². The lowest BCUT2D eigenvalue weighted by molar-refractivity contribution is -0.160. The Labute approximate surface area is 214 Å². The smallest absolute Gasteiger partial charge is 0.330 e. The van der Waals surface area contributed by atoms with Crippen LogP contribution in [0.25, 0.3) is 10.8 Å². The molecule has 2 bridgehead atoms. The number of anilines is 1. The Bertz CT molecular complexity index is 1350. The summed E-state index contributed by atoms with van der Waals surface area (Å²) < 4.78 is 5.43. The molecule has 7 nitrogen and oxygen atoms in total. The summed E-state index contributed by atoms with van der Waals surface area (Å²) in [4.78, 5) is 54.1. The van der Waals surface area contributed by atoms with Gasteiger partial charge in [0, 0.05) is 17.5 Å². The molecule has 6 rings (SSSR count). The maximum absolute atomic E-state index is 13.4. The van der Waals surface area contributed by atoms with Crippen LogP contribution in [0.15, 0.2) is 72.8 Å². The highest BCUT2D eigenvalue weighted by Gasteiger charge is 2.62. The molecule has 2 aliphatic carbocycles. The number of hydrogen-bond donors (Lipinski definition) is 1. The van der Waals surface area contributed by atoms with Crippen molar-refractivity contribution in [2.45, 2.75) is 31.7 Å². The van der Waals surface area contributed by atoms with Gasteiger partial charge < -0.3 is 10.1 Å². The van der Waals surface area contributed by atoms with E-state index in [1.54, 1.807) is 6.07 Å². The monoisotopic (exact) mass is 496 g/mol. The van der Waals surface area contributed by atoms with Gasteiger partial charge in [0.15, 0.2) is 6.61 Å². The van der Waals surface area contributed by atoms with E-state index in [2.05, 4.69) is 5.32 Å². The Morgan fingerprint density at radius 1 is 0.865 bits per heavy atom. The fourth-order valence-electron chi connectivity index (χ4n) is 6.61. The van der Waals surface area contributed by atoms with Crippen molar-refractivity contribution in [3.05, 3.63) is 78.4 Å². The Morgan fingerprint density at radius 2 is 1.51 bits per heavy atom. The van der Waals surface area contributed by atoms with Crippen molar-refractivity contribution in [2.24, 2.45) is 23.7 Å². The fraction of sp³-hybridized carbons (Fsp3) is 0.333. The SMILES string of the molecule is O=C(COC(=O)[C@H](Cc1ccccc1)N1C(=O)[C@@H]2[C@H]3CC[C@@H](C3)[C@@H]2C1=O)Nc1cccc2ccccc12. The van der Waals surface area contributed by atoms with Crippen molar-refractivity contribution in [2.75, 3.05) is 11.9 Å². The largest absolute Gasteiger partial charge is 0.454 e. The molecule has 7 heteroatoms. The lowest BCUT2D eigenvalue weighted by Gasteiger charge is -2.26. The minimum atomic E-state index is -1.10. The third kappa shape index (κ3) is 4.18. The number of hydrogen-bond acceptors (Lipinski definition) is 5. The Balaban J connectivity index is 1.19. The van der Waals surface area contributed by atoms with Gasteiger partial charge in [-0.2, -0.15) is 0 Å². The number of imide groups is 1. The van der Waals surface area contributed by atoms with Crippen molar-refractivity contribution < 1.29 is 23.9 Å². The zero-order valence-electron chi connectivity index (χ0n) is 20.3. The highest BCUT2D eigenvalue weighted by atomic mass is 16.5. The van der Waals surface area contributed by atoms with E-state index in [0.717, 1.165) is 40.5 Å². The Hall–Kier alpha value is -4.00. The zero-order valence-corrected chi connectivity index (χ0v) is 20.3. The fourth-order valence-corrected chi connectivity index (χ4v) is 6.61. The van der Waals surface area contributed by atoms with Crippen LogP contribution in [0.1, 0.15) is 24.8 Å². The number of likely N-dealkylation sites (tertiary alicyclic amines) is 1. The number of esters is 1. The summed E-state index contributed by atoms with van der Waals surface area (Å²) in [5, 5.41) is 4.66. The second-order valence-electron chi connectivity index (χ2n) is 10.3. The molecule has 1 N–H and O–H groups in total. The van der Waals surface area contributed by atoms with Gasteiger partial charge in [-0.25, -0.2) is 4.79 Å². The van der Waals surface area contributed by atoms with Crippen LogP contribution < -0.4 is 5.32 Å². The molecule has 3 aromatic carbocycles. The van der Waals surface area contributed by atoms with E-state index in [9.17, 15) is 19.2 Å². The first kappa shape index (κ1) is 23.4. The normalized spacial score (nSPS) is 24.8. The number of nitrogens with zero attached hydrogens (tertiary/aromatic N) is 1. The van der Waals surface area contributed by atoms with Crippen LogP contribution in [0.4, 0.5) is 5.69 Å². The molecule has 0 aromatic heterocycles. The predicted molar refractivity (Wildman–Crippen MR) is 137 cm³/mol. The van der Waals surface area contributed by atoms with E-state index in [4.69, 9.17) is 4.74 Å². The molecule has 3 fully saturated rings. The van der Waals surface area contributed by atoms with Gasteiger partial charge in [0.05, 0.1) is 11.8 Å². The first-order chi connectivity index (χ1) is 18.0. The van der Waals surface area contributed by atoms with Gasteiger partial charge in [0.2, 0.25) is 11.8 Å². The number of benzene rings is 3. The van der Waals surface area contributed by atoms with Gasteiger partial charge in [-0.05, 0) is 48.1 Å². The van der Waals surface area contributed by atoms with E-state index < -0.39 is 24.5 Å². The van der Waals surface area contributed by atoms with Crippen LogP contribution in [0.5, 0.6) is 0 Å². The number of ether oxygens (including phenoxy) is 1. The first-order valence-electron chi connectivity index (χ1n) is 12.9. The molecule has 0 spiro atoms. The molecule has 0 radical (unpaired) electrons. The summed E-state index contributed by atoms with van der Waals surface area (Å²) in [5.74, 6) is -1.98. The van der Waals surface area contributed by atoms with Crippen molar-refractivity contribution in [1.29, 1.82) is 0 Å². The van der Waals surface area contributed by atoms with E-state index in [1.165, 1.54) is 0 Å². The van der Waals surface area contributed by atoms with Crippen LogP contribution in [0.2, 0.25) is 0 Å². The van der Waals surface area contributed by atoms with E-state index in [1.807, 2.05) is 66.7 Å². The maximum Gasteiger partial charge on any atom is 0.330 e. The predicted octanol–water partition coefficient (Wildman–Crippen LogP) is 3.96. The van der Waals surface area contributed by atoms with Crippen molar-refractivity contribution >= 4 is 40.2 Å². The van der Waals surface area contributed by atoms with Gasteiger partial charge in [-0.15, -0.1) is 0 Å². The van der Waals surface area contributed by atoms with Crippen LogP contribution in [-0.4, -0.2) is 41.2 Å². The third-order valence-corrected chi connectivity index (χ3v) is 8.23. The maximum atomic E-state index is 13.4. The van der Waals surface area contributed by atoms with Gasteiger partial charge in [-0.3, -0.25) is 19.3 Å². The minimum absolute atomic E-state index is 0.150. The lowest BCUT2D eigenvalue weighted by Crippen LogP contribution is -2.48. The third-order valence-electron chi connectivity index (χ3n) is 8.23. The number of amides is 3. The minimum Gasteiger partial charge on any atom is -0.454 e. The van der Waals surface area contributed by atoms with Gasteiger partial charge in [0.25, 0.3) is 5.91 Å². The highest BCUT2D eigenvalue weighted by Crippen LogP contribution is 2.56. The van der Waals surface area contributed by atoms with E-state index in [0.29, 0.717) is 5.69 Å². The Morgan fingerprint density at radius 3 is 2.24 bits per heavy atom. The van der Waals surface area contributed by atoms with E-state index >= 15 is 0 Å². The van der Waals surface area contributed by atoms with Crippen molar-refractivity contribution in [3.8, 4) is 0 Å². The molecule has 37 heavy (non-hydrogen) atoms. The summed E-state index contributed by atoms with van der Waals surface area (Å²) >= 11 is 0. The van der Waals surface area contributed by atoms with Crippen LogP contribution in [-0.2, 0) is 30.3 Å². The quantitative estimate of drug-likeness (QED) is 0.395. The summed E-state index contributed by atoms with van der Waals surface area (Å²) in [5.41, 5.74) is 1.43. The van der Waals surface area contributed by atoms with Crippen LogP contribution in [0.3, 0.4) is 0 Å². The van der Waals surface area contributed by atoms with Crippen molar-refractivity contribution in [3.63, 3.8) is 0 Å². The number of nitrogens with one attached hydrogen (secondary N) is 1. The van der Waals surface area contributed by atoms with Gasteiger partial charge in [-0.1, -0.05) is 66.7 Å². The first-order valence-corrected chi connectivity index (χ1v) is 12.9. The van der Waals surface area contributed by atoms with E-state index in [-0.39, 0.29) is 41.9 Å². The molecule has 3 aromatic rings. The summed E-state index contributed by atoms with van der Waals surface area (Å²) in [6.07, 6.45) is 2.99. The molecule has 3 aliphatic rings. The van der Waals surface area contributed by atoms with Gasteiger partial charge >= 0.3 is 5.97 Å². The average molecular weight is 497 g/mol. The molecule has 3 amide bonds. The highest BCUT2D eigenvalue weighted by molar-refractivity contribution is 6.09.